The molecule has 1 amide bonds. The summed E-state index contributed by atoms with van der Waals surface area (Å²) in [5.41, 5.74) is 0.965. The Kier molecular flexibility index (Phi) is 5.28. The molecule has 1 saturated heterocycles. The number of hydrogen-bond donors (Lipinski definition) is 1. The number of piperazine rings is 1. The van der Waals surface area contributed by atoms with E-state index in [0.717, 1.165) is 23.8 Å². The molecule has 1 N–H and O–H groups in total. The van der Waals surface area contributed by atoms with Crippen LogP contribution >= 0.6 is 0 Å². The number of amides is 1. The number of carbonyl (C=O) groups excluding carboxylic acids is 1. The van der Waals surface area contributed by atoms with Crippen LogP contribution in [0.25, 0.3) is 0 Å². The molecule has 1 atom stereocenters. The summed E-state index contributed by atoms with van der Waals surface area (Å²) in [4.78, 5) is 14.5. The summed E-state index contributed by atoms with van der Waals surface area (Å²) in [7, 11) is 1.59. The van der Waals surface area contributed by atoms with Crippen molar-refractivity contribution in [2.75, 3.05) is 26.7 Å². The summed E-state index contributed by atoms with van der Waals surface area (Å²) in [6, 6.07) is 10.5. The summed E-state index contributed by atoms with van der Waals surface area (Å²) in [6.07, 6.45) is -0.171. The first-order valence-electron chi connectivity index (χ1n) is 8.17. The third-order valence-corrected chi connectivity index (χ3v) is 4.41. The van der Waals surface area contributed by atoms with Gasteiger partial charge in [0, 0.05) is 30.8 Å². The minimum atomic E-state index is -0.571. The first kappa shape index (κ1) is 17.4. The number of para-hydroxylation sites is 1. The average Bonchev–Trinajstić information content (AvgIpc) is 2.64. The van der Waals surface area contributed by atoms with E-state index >= 15 is 0 Å². The van der Waals surface area contributed by atoms with Crippen LogP contribution in [0, 0.1) is 11.6 Å². The Bertz CT molecular complexity index is 767. The van der Waals surface area contributed by atoms with Gasteiger partial charge in [0.05, 0.1) is 19.6 Å². The first-order chi connectivity index (χ1) is 12.1. The zero-order valence-electron chi connectivity index (χ0n) is 14.0. The van der Waals surface area contributed by atoms with E-state index in [2.05, 4.69) is 5.32 Å². The highest BCUT2D eigenvalue weighted by Gasteiger charge is 2.30. The molecule has 1 fully saturated rings. The van der Waals surface area contributed by atoms with Crippen molar-refractivity contribution in [3.63, 3.8) is 0 Å². The zero-order chi connectivity index (χ0) is 17.8. The second kappa shape index (κ2) is 7.61. The van der Waals surface area contributed by atoms with Gasteiger partial charge >= 0.3 is 0 Å². The fourth-order valence-corrected chi connectivity index (χ4v) is 3.17. The smallest absolute Gasteiger partial charge is 0.227 e. The van der Waals surface area contributed by atoms with Crippen LogP contribution in [-0.2, 0) is 11.2 Å². The van der Waals surface area contributed by atoms with Gasteiger partial charge in [-0.05, 0) is 24.3 Å². The maximum absolute atomic E-state index is 13.9. The van der Waals surface area contributed by atoms with Crippen LogP contribution < -0.4 is 10.1 Å². The number of nitrogens with zero attached hydrogens (tertiary/aromatic N) is 1. The van der Waals surface area contributed by atoms with E-state index in [1.54, 1.807) is 12.0 Å². The Balaban J connectivity index is 1.85. The van der Waals surface area contributed by atoms with Crippen molar-refractivity contribution in [3.8, 4) is 5.75 Å². The van der Waals surface area contributed by atoms with Crippen LogP contribution in [-0.4, -0.2) is 37.6 Å². The molecule has 1 unspecified atom stereocenters. The monoisotopic (exact) mass is 346 g/mol. The number of carbonyl (C=O) groups is 1. The Labute approximate surface area is 145 Å². The lowest BCUT2D eigenvalue weighted by Crippen LogP contribution is -2.49. The zero-order valence-corrected chi connectivity index (χ0v) is 14.0. The Hall–Kier alpha value is -2.47. The highest BCUT2D eigenvalue weighted by Crippen LogP contribution is 2.30. The van der Waals surface area contributed by atoms with Gasteiger partial charge < -0.3 is 15.0 Å². The molecule has 1 heterocycles. The van der Waals surface area contributed by atoms with Crippen molar-refractivity contribution < 1.29 is 18.3 Å². The second-order valence-electron chi connectivity index (χ2n) is 5.96. The molecule has 0 bridgehead atoms. The largest absolute Gasteiger partial charge is 0.496 e. The van der Waals surface area contributed by atoms with E-state index in [9.17, 15) is 13.6 Å². The number of hydrogen-bond acceptors (Lipinski definition) is 3. The lowest BCUT2D eigenvalue weighted by molar-refractivity contribution is -0.133. The van der Waals surface area contributed by atoms with E-state index in [1.165, 1.54) is 0 Å². The maximum atomic E-state index is 13.9. The fraction of sp³-hybridized carbons (Fsp3) is 0.316. The minimum Gasteiger partial charge on any atom is -0.496 e. The molecule has 2 aromatic rings. The Morgan fingerprint density at radius 3 is 2.88 bits per heavy atom. The van der Waals surface area contributed by atoms with E-state index in [-0.39, 0.29) is 23.9 Å². The molecule has 132 valence electrons. The topological polar surface area (TPSA) is 41.6 Å². The van der Waals surface area contributed by atoms with E-state index in [1.807, 2.05) is 24.3 Å². The molecule has 1 aliphatic rings. The number of rotatable bonds is 4. The summed E-state index contributed by atoms with van der Waals surface area (Å²) in [5, 5.41) is 3.27. The summed E-state index contributed by atoms with van der Waals surface area (Å²) >= 11 is 0. The SMILES string of the molecule is COc1ccccc1C1CNCCN1C(=O)Cc1cc(F)ccc1F. The Morgan fingerprint density at radius 1 is 1.28 bits per heavy atom. The van der Waals surface area contributed by atoms with Gasteiger partial charge in [-0.15, -0.1) is 0 Å². The predicted octanol–water partition coefficient (Wildman–Crippen LogP) is 2.69. The third-order valence-electron chi connectivity index (χ3n) is 4.41. The summed E-state index contributed by atoms with van der Waals surface area (Å²) in [5.74, 6) is -0.655. The molecule has 0 radical (unpaired) electrons. The lowest BCUT2D eigenvalue weighted by atomic mass is 10.0. The summed E-state index contributed by atoms with van der Waals surface area (Å²) < 4.78 is 32.6. The van der Waals surface area contributed by atoms with Gasteiger partial charge in [0.25, 0.3) is 0 Å². The normalized spacial score (nSPS) is 17.4. The number of ether oxygens (including phenoxy) is 1. The van der Waals surface area contributed by atoms with Crippen LogP contribution in [0.2, 0.25) is 0 Å². The number of benzene rings is 2. The van der Waals surface area contributed by atoms with Crippen LogP contribution in [0.15, 0.2) is 42.5 Å². The van der Waals surface area contributed by atoms with Crippen LogP contribution in [0.5, 0.6) is 5.75 Å². The molecule has 25 heavy (non-hydrogen) atoms. The third kappa shape index (κ3) is 3.79. The van der Waals surface area contributed by atoms with E-state index in [4.69, 9.17) is 4.74 Å². The first-order valence-corrected chi connectivity index (χ1v) is 8.17. The molecule has 0 aliphatic carbocycles. The molecule has 3 rings (SSSR count). The Morgan fingerprint density at radius 2 is 2.08 bits per heavy atom. The highest BCUT2D eigenvalue weighted by atomic mass is 19.1. The van der Waals surface area contributed by atoms with Gasteiger partial charge in [0.15, 0.2) is 0 Å². The van der Waals surface area contributed by atoms with Crippen molar-refractivity contribution in [2.24, 2.45) is 0 Å². The van der Waals surface area contributed by atoms with E-state index < -0.39 is 11.6 Å². The van der Waals surface area contributed by atoms with Gasteiger partial charge in [-0.25, -0.2) is 8.78 Å². The lowest BCUT2D eigenvalue weighted by Gasteiger charge is -2.37. The minimum absolute atomic E-state index is 0.0716. The van der Waals surface area contributed by atoms with E-state index in [0.29, 0.717) is 25.4 Å². The molecular formula is C19H20F2N2O2. The maximum Gasteiger partial charge on any atom is 0.227 e. The van der Waals surface area contributed by atoms with Crippen molar-refractivity contribution >= 4 is 5.91 Å². The van der Waals surface area contributed by atoms with Gasteiger partial charge in [-0.2, -0.15) is 0 Å². The van der Waals surface area contributed by atoms with Gasteiger partial charge in [-0.1, -0.05) is 18.2 Å². The number of methoxy groups -OCH3 is 1. The molecule has 2 aromatic carbocycles. The average molecular weight is 346 g/mol. The van der Waals surface area contributed by atoms with Crippen LogP contribution in [0.4, 0.5) is 8.78 Å². The highest BCUT2D eigenvalue weighted by molar-refractivity contribution is 5.79. The molecule has 4 nitrogen and oxygen atoms in total. The van der Waals surface area contributed by atoms with Crippen molar-refractivity contribution in [3.05, 3.63) is 65.2 Å². The molecule has 0 saturated carbocycles. The second-order valence-corrected chi connectivity index (χ2v) is 5.96. The van der Waals surface area contributed by atoms with Crippen LogP contribution in [0.3, 0.4) is 0 Å². The van der Waals surface area contributed by atoms with Crippen molar-refractivity contribution in [1.82, 2.24) is 10.2 Å². The fourth-order valence-electron chi connectivity index (χ4n) is 3.17. The van der Waals surface area contributed by atoms with Crippen molar-refractivity contribution in [1.29, 1.82) is 0 Å². The van der Waals surface area contributed by atoms with Gasteiger partial charge in [0.2, 0.25) is 5.91 Å². The molecule has 1 aliphatic heterocycles. The summed E-state index contributed by atoms with van der Waals surface area (Å²) in [6.45, 7) is 1.74. The van der Waals surface area contributed by atoms with Gasteiger partial charge in [-0.3, -0.25) is 4.79 Å². The predicted molar refractivity (Wildman–Crippen MR) is 90.4 cm³/mol. The molecule has 6 heteroatoms. The molecule has 0 spiro atoms. The quantitative estimate of drug-likeness (QED) is 0.926. The molecule has 0 aromatic heterocycles. The molecular weight excluding hydrogens is 326 g/mol. The number of nitrogens with one attached hydrogen (secondary N) is 1. The number of halogens is 2. The standard InChI is InChI=1S/C19H20F2N2O2/c1-25-18-5-3-2-4-15(18)17-12-22-8-9-23(17)19(24)11-13-10-14(20)6-7-16(13)21/h2-7,10,17,22H,8-9,11-12H2,1H3. The van der Waals surface area contributed by atoms with Crippen molar-refractivity contribution in [2.45, 2.75) is 12.5 Å². The van der Waals surface area contributed by atoms with Gasteiger partial charge in [0.1, 0.15) is 17.4 Å². The van der Waals surface area contributed by atoms with Crippen LogP contribution in [0.1, 0.15) is 17.2 Å².